The summed E-state index contributed by atoms with van der Waals surface area (Å²) in [6, 6.07) is 8.90. The van der Waals surface area contributed by atoms with Crippen LogP contribution in [0.3, 0.4) is 0 Å². The van der Waals surface area contributed by atoms with E-state index in [0.717, 1.165) is 24.8 Å². The van der Waals surface area contributed by atoms with Gasteiger partial charge in [-0.2, -0.15) is 4.98 Å². The molecule has 8 heteroatoms. The number of benzene rings is 1. The lowest BCUT2D eigenvalue weighted by Crippen LogP contribution is -2.41. The third kappa shape index (κ3) is 4.00. The molecule has 0 bridgehead atoms. The summed E-state index contributed by atoms with van der Waals surface area (Å²) < 4.78 is 23.9. The van der Waals surface area contributed by atoms with Crippen LogP contribution in [0.5, 0.6) is 5.75 Å². The summed E-state index contributed by atoms with van der Waals surface area (Å²) in [5.41, 5.74) is 0.804. The second-order valence-electron chi connectivity index (χ2n) is 6.53. The van der Waals surface area contributed by atoms with E-state index in [-0.39, 0.29) is 24.4 Å². The molecule has 2 aromatic heterocycles. The summed E-state index contributed by atoms with van der Waals surface area (Å²) in [4.78, 5) is 22.9. The molecule has 0 radical (unpaired) electrons. The van der Waals surface area contributed by atoms with Gasteiger partial charge in [-0.05, 0) is 55.7 Å². The van der Waals surface area contributed by atoms with E-state index in [1.165, 1.54) is 24.3 Å². The molecule has 1 amide bonds. The molecule has 0 unspecified atom stereocenters. The summed E-state index contributed by atoms with van der Waals surface area (Å²) in [5, 5.41) is 4.04. The van der Waals surface area contributed by atoms with Gasteiger partial charge in [0.1, 0.15) is 17.6 Å². The minimum atomic E-state index is -0.351. The van der Waals surface area contributed by atoms with E-state index in [1.54, 1.807) is 29.4 Å². The molecule has 28 heavy (non-hydrogen) atoms. The first-order valence-electron chi connectivity index (χ1n) is 9.12. The molecule has 1 aliphatic rings. The molecule has 4 rings (SSSR count). The zero-order valence-electron chi connectivity index (χ0n) is 15.1. The Bertz CT molecular complexity index is 930. The predicted octanol–water partition coefficient (Wildman–Crippen LogP) is 3.40. The summed E-state index contributed by atoms with van der Waals surface area (Å²) in [5.74, 6) is 0.814. The Balaban J connectivity index is 1.46. The van der Waals surface area contributed by atoms with Crippen LogP contribution in [-0.4, -0.2) is 39.1 Å². The molecule has 1 aromatic carbocycles. The standard InChI is InChI=1S/C20H19FN4O3/c21-15-4-6-16(7-5-15)27-13-18(26)25-12-2-1-3-17(25)20-23-19(24-28-20)14-8-10-22-11-9-14/h4-11,17H,1-3,12-13H2/t17-/m0/s1. The van der Waals surface area contributed by atoms with Gasteiger partial charge in [-0.3, -0.25) is 9.78 Å². The van der Waals surface area contributed by atoms with Crippen molar-refractivity contribution < 1.29 is 18.4 Å². The van der Waals surface area contributed by atoms with E-state index in [9.17, 15) is 9.18 Å². The van der Waals surface area contributed by atoms with Crippen LogP contribution < -0.4 is 4.74 Å². The van der Waals surface area contributed by atoms with Gasteiger partial charge in [0.25, 0.3) is 5.91 Å². The molecular weight excluding hydrogens is 363 g/mol. The summed E-state index contributed by atoms with van der Waals surface area (Å²) in [7, 11) is 0. The van der Waals surface area contributed by atoms with Crippen molar-refractivity contribution in [2.75, 3.05) is 13.2 Å². The number of carbonyl (C=O) groups excluding carboxylic acids is 1. The SMILES string of the molecule is O=C(COc1ccc(F)cc1)N1CCCC[C@H]1c1nc(-c2ccncc2)no1. The lowest BCUT2D eigenvalue weighted by molar-refractivity contribution is -0.138. The van der Waals surface area contributed by atoms with Crippen molar-refractivity contribution in [3.63, 3.8) is 0 Å². The fraction of sp³-hybridized carbons (Fsp3) is 0.300. The Labute approximate surface area is 161 Å². The maximum atomic E-state index is 13.0. The molecule has 0 spiro atoms. The Morgan fingerprint density at radius 3 is 2.75 bits per heavy atom. The number of carbonyl (C=O) groups is 1. The molecule has 3 heterocycles. The van der Waals surface area contributed by atoms with E-state index in [2.05, 4.69) is 15.1 Å². The molecule has 0 saturated carbocycles. The van der Waals surface area contributed by atoms with Gasteiger partial charge < -0.3 is 14.2 Å². The highest BCUT2D eigenvalue weighted by atomic mass is 19.1. The van der Waals surface area contributed by atoms with Gasteiger partial charge in [0.2, 0.25) is 11.7 Å². The first kappa shape index (κ1) is 18.1. The van der Waals surface area contributed by atoms with E-state index in [0.29, 0.717) is 24.0 Å². The van der Waals surface area contributed by atoms with Crippen molar-refractivity contribution in [3.8, 4) is 17.1 Å². The van der Waals surface area contributed by atoms with E-state index >= 15 is 0 Å². The number of hydrogen-bond donors (Lipinski definition) is 0. The third-order valence-corrected chi connectivity index (χ3v) is 4.66. The molecule has 0 N–H and O–H groups in total. The van der Waals surface area contributed by atoms with Gasteiger partial charge >= 0.3 is 0 Å². The number of pyridine rings is 1. The van der Waals surface area contributed by atoms with Crippen LogP contribution in [0.1, 0.15) is 31.2 Å². The number of hydrogen-bond acceptors (Lipinski definition) is 6. The smallest absolute Gasteiger partial charge is 0.261 e. The Morgan fingerprint density at radius 2 is 1.96 bits per heavy atom. The number of halogens is 1. The quantitative estimate of drug-likeness (QED) is 0.673. The van der Waals surface area contributed by atoms with Crippen molar-refractivity contribution in [1.82, 2.24) is 20.0 Å². The Hall–Kier alpha value is -3.29. The Kier molecular flexibility index (Phi) is 5.27. The molecule has 1 aliphatic heterocycles. The van der Waals surface area contributed by atoms with Crippen LogP contribution in [0.15, 0.2) is 53.3 Å². The van der Waals surface area contributed by atoms with E-state index in [1.807, 2.05) is 0 Å². The van der Waals surface area contributed by atoms with Gasteiger partial charge in [-0.15, -0.1) is 0 Å². The fourth-order valence-electron chi connectivity index (χ4n) is 3.23. The van der Waals surface area contributed by atoms with Crippen molar-refractivity contribution in [3.05, 3.63) is 60.5 Å². The molecule has 1 atom stereocenters. The van der Waals surface area contributed by atoms with Gasteiger partial charge in [-0.1, -0.05) is 5.16 Å². The molecule has 3 aromatic rings. The van der Waals surface area contributed by atoms with Crippen LogP contribution in [0.4, 0.5) is 4.39 Å². The molecule has 7 nitrogen and oxygen atoms in total. The number of aromatic nitrogens is 3. The van der Waals surface area contributed by atoms with Gasteiger partial charge in [0.05, 0.1) is 0 Å². The minimum absolute atomic E-state index is 0.131. The van der Waals surface area contributed by atoms with E-state index in [4.69, 9.17) is 9.26 Å². The molecule has 144 valence electrons. The van der Waals surface area contributed by atoms with Crippen LogP contribution >= 0.6 is 0 Å². The number of likely N-dealkylation sites (tertiary alicyclic amines) is 1. The summed E-state index contributed by atoms with van der Waals surface area (Å²) >= 11 is 0. The zero-order valence-corrected chi connectivity index (χ0v) is 15.1. The van der Waals surface area contributed by atoms with Crippen molar-refractivity contribution in [2.45, 2.75) is 25.3 Å². The van der Waals surface area contributed by atoms with E-state index < -0.39 is 0 Å². The number of piperidine rings is 1. The van der Waals surface area contributed by atoms with Gasteiger partial charge in [-0.25, -0.2) is 4.39 Å². The third-order valence-electron chi connectivity index (χ3n) is 4.66. The zero-order chi connectivity index (χ0) is 19.3. The highest BCUT2D eigenvalue weighted by molar-refractivity contribution is 5.78. The van der Waals surface area contributed by atoms with Gasteiger partial charge in [0, 0.05) is 24.5 Å². The first-order valence-corrected chi connectivity index (χ1v) is 9.12. The van der Waals surface area contributed by atoms with Crippen LogP contribution in [0.25, 0.3) is 11.4 Å². The average Bonchev–Trinajstić information content (AvgIpc) is 3.24. The highest BCUT2D eigenvalue weighted by Crippen LogP contribution is 2.31. The van der Waals surface area contributed by atoms with Gasteiger partial charge in [0.15, 0.2) is 6.61 Å². The second-order valence-corrected chi connectivity index (χ2v) is 6.53. The first-order chi connectivity index (χ1) is 13.7. The molecule has 1 saturated heterocycles. The minimum Gasteiger partial charge on any atom is -0.484 e. The van der Waals surface area contributed by atoms with Crippen LogP contribution in [0.2, 0.25) is 0 Å². The molecule has 1 fully saturated rings. The fourth-order valence-corrected chi connectivity index (χ4v) is 3.23. The molecule has 0 aliphatic carbocycles. The molecular formula is C20H19FN4O3. The van der Waals surface area contributed by atoms with Crippen molar-refractivity contribution in [2.24, 2.45) is 0 Å². The largest absolute Gasteiger partial charge is 0.484 e. The number of rotatable bonds is 5. The number of amides is 1. The normalized spacial score (nSPS) is 16.8. The number of nitrogens with zero attached hydrogens (tertiary/aromatic N) is 4. The lowest BCUT2D eigenvalue weighted by Gasteiger charge is -2.33. The number of ether oxygens (including phenoxy) is 1. The maximum Gasteiger partial charge on any atom is 0.261 e. The maximum absolute atomic E-state index is 13.0. The highest BCUT2D eigenvalue weighted by Gasteiger charge is 2.32. The summed E-state index contributed by atoms with van der Waals surface area (Å²) in [6.45, 7) is 0.469. The van der Waals surface area contributed by atoms with Crippen molar-refractivity contribution >= 4 is 5.91 Å². The van der Waals surface area contributed by atoms with Crippen LogP contribution in [0, 0.1) is 5.82 Å². The van der Waals surface area contributed by atoms with Crippen molar-refractivity contribution in [1.29, 1.82) is 0 Å². The average molecular weight is 382 g/mol. The monoisotopic (exact) mass is 382 g/mol. The lowest BCUT2D eigenvalue weighted by atomic mass is 10.0. The van der Waals surface area contributed by atoms with Crippen LogP contribution in [-0.2, 0) is 4.79 Å². The summed E-state index contributed by atoms with van der Waals surface area (Å²) in [6.07, 6.45) is 5.95. The second kappa shape index (κ2) is 8.16. The topological polar surface area (TPSA) is 81.4 Å². The Morgan fingerprint density at radius 1 is 1.18 bits per heavy atom. The predicted molar refractivity (Wildman–Crippen MR) is 97.7 cm³/mol.